The fraction of sp³-hybridized carbons (Fsp3) is 0.529. The predicted molar refractivity (Wildman–Crippen MR) is 85.8 cm³/mol. The Labute approximate surface area is 131 Å². The number of anilines is 1. The molecule has 5 nitrogen and oxygen atoms in total. The van der Waals surface area contributed by atoms with Crippen LogP contribution in [0.3, 0.4) is 0 Å². The van der Waals surface area contributed by atoms with Gasteiger partial charge in [-0.15, -0.1) is 0 Å². The normalized spacial score (nSPS) is 15.2. The van der Waals surface area contributed by atoms with Crippen LogP contribution in [-0.4, -0.2) is 37.4 Å². The number of nitrogens with zero attached hydrogens (tertiary/aromatic N) is 1. The number of carbonyl (C=O) groups excluding carboxylic acids is 2. The fourth-order valence-electron chi connectivity index (χ4n) is 2.83. The Morgan fingerprint density at radius 3 is 2.41 bits per heavy atom. The average molecular weight is 304 g/mol. The number of ether oxygens (including phenoxy) is 1. The molecule has 1 aliphatic carbocycles. The molecule has 0 heterocycles. The van der Waals surface area contributed by atoms with Gasteiger partial charge in [-0.1, -0.05) is 19.3 Å². The van der Waals surface area contributed by atoms with Crippen molar-refractivity contribution in [1.29, 1.82) is 0 Å². The summed E-state index contributed by atoms with van der Waals surface area (Å²) in [5.74, 6) is 0.733. The highest BCUT2D eigenvalue weighted by atomic mass is 16.5. The van der Waals surface area contributed by atoms with Crippen molar-refractivity contribution in [3.63, 3.8) is 0 Å². The molecule has 0 spiro atoms. The minimum Gasteiger partial charge on any atom is -0.497 e. The van der Waals surface area contributed by atoms with Gasteiger partial charge in [-0.3, -0.25) is 9.59 Å². The minimum absolute atomic E-state index is 0.0847. The van der Waals surface area contributed by atoms with E-state index in [0.29, 0.717) is 5.69 Å². The SMILES string of the molecule is COc1ccc(NC(=O)CN(C)C(=O)C2CCCCC2)cc1. The second-order valence-electron chi connectivity index (χ2n) is 5.81. The highest BCUT2D eigenvalue weighted by Crippen LogP contribution is 2.25. The van der Waals surface area contributed by atoms with Gasteiger partial charge in [0.15, 0.2) is 0 Å². The van der Waals surface area contributed by atoms with Crippen molar-refractivity contribution >= 4 is 17.5 Å². The summed E-state index contributed by atoms with van der Waals surface area (Å²) in [7, 11) is 3.30. The van der Waals surface area contributed by atoms with Crippen molar-refractivity contribution in [2.24, 2.45) is 5.92 Å². The lowest BCUT2D eigenvalue weighted by Crippen LogP contribution is -2.39. The lowest BCUT2D eigenvalue weighted by molar-refractivity contribution is -0.137. The molecule has 2 amide bonds. The van der Waals surface area contributed by atoms with Gasteiger partial charge >= 0.3 is 0 Å². The molecule has 0 atom stereocenters. The molecular weight excluding hydrogens is 280 g/mol. The Hall–Kier alpha value is -2.04. The molecule has 0 unspecified atom stereocenters. The van der Waals surface area contributed by atoms with Crippen LogP contribution in [0.2, 0.25) is 0 Å². The van der Waals surface area contributed by atoms with Gasteiger partial charge in [0.25, 0.3) is 0 Å². The molecule has 1 N–H and O–H groups in total. The smallest absolute Gasteiger partial charge is 0.243 e. The molecule has 1 aromatic carbocycles. The number of likely N-dealkylation sites (N-methyl/N-ethyl adjacent to an activating group) is 1. The van der Waals surface area contributed by atoms with Crippen molar-refractivity contribution < 1.29 is 14.3 Å². The van der Waals surface area contributed by atoms with Crippen LogP contribution in [0.25, 0.3) is 0 Å². The first-order chi connectivity index (χ1) is 10.6. The number of carbonyl (C=O) groups is 2. The second-order valence-corrected chi connectivity index (χ2v) is 5.81. The van der Waals surface area contributed by atoms with Gasteiger partial charge in [-0.2, -0.15) is 0 Å². The van der Waals surface area contributed by atoms with Gasteiger partial charge in [0.2, 0.25) is 11.8 Å². The van der Waals surface area contributed by atoms with Crippen LogP contribution in [-0.2, 0) is 9.59 Å². The summed E-state index contributed by atoms with van der Waals surface area (Å²) in [4.78, 5) is 25.9. The fourth-order valence-corrected chi connectivity index (χ4v) is 2.83. The standard InChI is InChI=1S/C17H24N2O3/c1-19(17(21)13-6-4-3-5-7-13)12-16(20)18-14-8-10-15(22-2)11-9-14/h8-11,13H,3-7,12H2,1-2H3,(H,18,20). The third-order valence-corrected chi connectivity index (χ3v) is 4.09. The summed E-state index contributed by atoms with van der Waals surface area (Å²) in [6.45, 7) is 0.0847. The number of amides is 2. The van der Waals surface area contributed by atoms with Crippen molar-refractivity contribution in [3.8, 4) is 5.75 Å². The third-order valence-electron chi connectivity index (χ3n) is 4.09. The van der Waals surface area contributed by atoms with Crippen molar-refractivity contribution in [3.05, 3.63) is 24.3 Å². The van der Waals surface area contributed by atoms with E-state index in [4.69, 9.17) is 4.74 Å². The molecule has 1 aliphatic rings. The van der Waals surface area contributed by atoms with Gasteiger partial charge in [-0.25, -0.2) is 0 Å². The third kappa shape index (κ3) is 4.48. The molecule has 1 aromatic rings. The number of hydrogen-bond acceptors (Lipinski definition) is 3. The Morgan fingerprint density at radius 1 is 1.18 bits per heavy atom. The molecule has 22 heavy (non-hydrogen) atoms. The van der Waals surface area contributed by atoms with Crippen molar-refractivity contribution in [1.82, 2.24) is 4.90 Å². The highest BCUT2D eigenvalue weighted by molar-refractivity contribution is 5.94. The number of benzene rings is 1. The zero-order valence-corrected chi connectivity index (χ0v) is 13.3. The van der Waals surface area contributed by atoms with Crippen LogP contribution in [0, 0.1) is 5.92 Å². The van der Waals surface area contributed by atoms with E-state index in [1.54, 1.807) is 38.4 Å². The first-order valence-corrected chi connectivity index (χ1v) is 7.79. The van der Waals surface area contributed by atoms with Crippen molar-refractivity contribution in [2.75, 3.05) is 26.0 Å². The summed E-state index contributed by atoms with van der Waals surface area (Å²) in [6, 6.07) is 7.12. The topological polar surface area (TPSA) is 58.6 Å². The van der Waals surface area contributed by atoms with Crippen LogP contribution in [0.1, 0.15) is 32.1 Å². The Kier molecular flexibility index (Phi) is 5.81. The monoisotopic (exact) mass is 304 g/mol. The molecule has 1 saturated carbocycles. The molecule has 2 rings (SSSR count). The van der Waals surface area contributed by atoms with E-state index in [1.807, 2.05) is 0 Å². The first-order valence-electron chi connectivity index (χ1n) is 7.79. The van der Waals surface area contributed by atoms with Gasteiger partial charge in [0.1, 0.15) is 5.75 Å². The average Bonchev–Trinajstić information content (AvgIpc) is 2.55. The number of methoxy groups -OCH3 is 1. The molecule has 0 radical (unpaired) electrons. The van der Waals surface area contributed by atoms with E-state index in [0.717, 1.165) is 31.4 Å². The maximum absolute atomic E-state index is 12.3. The van der Waals surface area contributed by atoms with Crippen LogP contribution >= 0.6 is 0 Å². The van der Waals surface area contributed by atoms with E-state index in [2.05, 4.69) is 5.32 Å². The Balaban J connectivity index is 1.83. The second kappa shape index (κ2) is 7.82. The van der Waals surface area contributed by atoms with E-state index in [9.17, 15) is 9.59 Å². The van der Waals surface area contributed by atoms with Crippen LogP contribution in [0.15, 0.2) is 24.3 Å². The minimum atomic E-state index is -0.183. The number of nitrogens with one attached hydrogen (secondary N) is 1. The van der Waals surface area contributed by atoms with Gasteiger partial charge in [0.05, 0.1) is 13.7 Å². The summed E-state index contributed by atoms with van der Waals surface area (Å²) in [5.41, 5.74) is 0.698. The lowest BCUT2D eigenvalue weighted by atomic mass is 9.88. The first kappa shape index (κ1) is 16.3. The molecule has 120 valence electrons. The molecule has 0 aromatic heterocycles. The molecule has 0 saturated heterocycles. The summed E-state index contributed by atoms with van der Waals surface area (Å²) in [5, 5.41) is 2.79. The number of hydrogen-bond donors (Lipinski definition) is 1. The summed E-state index contributed by atoms with van der Waals surface area (Å²) >= 11 is 0. The largest absolute Gasteiger partial charge is 0.497 e. The van der Waals surface area contributed by atoms with Crippen LogP contribution in [0.5, 0.6) is 5.75 Å². The highest BCUT2D eigenvalue weighted by Gasteiger charge is 2.24. The summed E-state index contributed by atoms with van der Waals surface area (Å²) < 4.78 is 5.07. The van der Waals surface area contributed by atoms with E-state index >= 15 is 0 Å². The van der Waals surface area contributed by atoms with Gasteiger partial charge < -0.3 is 15.0 Å². The van der Waals surface area contributed by atoms with Gasteiger partial charge in [-0.05, 0) is 37.1 Å². The molecule has 0 aliphatic heterocycles. The zero-order chi connectivity index (χ0) is 15.9. The Morgan fingerprint density at radius 2 is 1.82 bits per heavy atom. The molecular formula is C17H24N2O3. The lowest BCUT2D eigenvalue weighted by Gasteiger charge is -2.26. The van der Waals surface area contributed by atoms with Crippen LogP contribution < -0.4 is 10.1 Å². The molecule has 5 heteroatoms. The molecule has 1 fully saturated rings. The van der Waals surface area contributed by atoms with E-state index in [1.165, 1.54) is 11.3 Å². The Bertz CT molecular complexity index is 507. The van der Waals surface area contributed by atoms with E-state index < -0.39 is 0 Å². The quantitative estimate of drug-likeness (QED) is 0.910. The van der Waals surface area contributed by atoms with Gasteiger partial charge in [0, 0.05) is 18.7 Å². The number of rotatable bonds is 5. The zero-order valence-electron chi connectivity index (χ0n) is 13.3. The predicted octanol–water partition coefficient (Wildman–Crippen LogP) is 2.67. The van der Waals surface area contributed by atoms with Crippen molar-refractivity contribution in [2.45, 2.75) is 32.1 Å². The summed E-state index contributed by atoms with van der Waals surface area (Å²) in [6.07, 6.45) is 5.34. The molecule has 0 bridgehead atoms. The van der Waals surface area contributed by atoms with E-state index in [-0.39, 0.29) is 24.3 Å². The van der Waals surface area contributed by atoms with Crippen LogP contribution in [0.4, 0.5) is 5.69 Å². The maximum atomic E-state index is 12.3. The maximum Gasteiger partial charge on any atom is 0.243 e.